The molecule has 0 aromatic rings. The van der Waals surface area contributed by atoms with E-state index in [2.05, 4.69) is 15.5 Å². The average Bonchev–Trinajstić information content (AvgIpc) is 2.43. The van der Waals surface area contributed by atoms with Crippen LogP contribution < -0.4 is 10.6 Å². The SMILES string of the molecule is OC1CNCC1N1CCCNCC1. The van der Waals surface area contributed by atoms with Crippen molar-refractivity contribution in [3.63, 3.8) is 0 Å². The molecule has 0 aliphatic carbocycles. The summed E-state index contributed by atoms with van der Waals surface area (Å²) < 4.78 is 0. The molecular formula is C9H19N3O. The van der Waals surface area contributed by atoms with E-state index < -0.39 is 0 Å². The zero-order valence-corrected chi connectivity index (χ0v) is 8.00. The van der Waals surface area contributed by atoms with Crippen molar-refractivity contribution in [1.29, 1.82) is 0 Å². The van der Waals surface area contributed by atoms with Gasteiger partial charge in [0.15, 0.2) is 0 Å². The van der Waals surface area contributed by atoms with Crippen LogP contribution in [0.3, 0.4) is 0 Å². The molecule has 13 heavy (non-hydrogen) atoms. The Balaban J connectivity index is 1.89. The van der Waals surface area contributed by atoms with Gasteiger partial charge in [0, 0.05) is 32.2 Å². The largest absolute Gasteiger partial charge is 0.390 e. The van der Waals surface area contributed by atoms with E-state index in [0.717, 1.165) is 39.3 Å². The van der Waals surface area contributed by atoms with Crippen LogP contribution in [0.5, 0.6) is 0 Å². The van der Waals surface area contributed by atoms with E-state index in [0.29, 0.717) is 6.04 Å². The average molecular weight is 185 g/mol. The minimum absolute atomic E-state index is 0.168. The fourth-order valence-electron chi connectivity index (χ4n) is 2.22. The molecule has 2 fully saturated rings. The lowest BCUT2D eigenvalue weighted by Gasteiger charge is -2.28. The van der Waals surface area contributed by atoms with Gasteiger partial charge in [0.05, 0.1) is 6.10 Å². The summed E-state index contributed by atoms with van der Waals surface area (Å²) in [7, 11) is 0. The molecule has 2 aliphatic rings. The Bertz CT molecular complexity index is 157. The highest BCUT2D eigenvalue weighted by Gasteiger charge is 2.30. The maximum absolute atomic E-state index is 9.71. The summed E-state index contributed by atoms with van der Waals surface area (Å²) in [6, 6.07) is 0.347. The smallest absolute Gasteiger partial charge is 0.0831 e. The van der Waals surface area contributed by atoms with E-state index in [1.807, 2.05) is 0 Å². The molecule has 4 heteroatoms. The van der Waals surface area contributed by atoms with Gasteiger partial charge in [-0.1, -0.05) is 0 Å². The van der Waals surface area contributed by atoms with Crippen LogP contribution in [0.15, 0.2) is 0 Å². The van der Waals surface area contributed by atoms with Crippen LogP contribution in [0, 0.1) is 0 Å². The quantitative estimate of drug-likeness (QED) is 0.471. The van der Waals surface area contributed by atoms with Crippen molar-refractivity contribution in [2.24, 2.45) is 0 Å². The molecule has 0 radical (unpaired) electrons. The fourth-order valence-corrected chi connectivity index (χ4v) is 2.22. The topological polar surface area (TPSA) is 47.5 Å². The van der Waals surface area contributed by atoms with E-state index in [-0.39, 0.29) is 6.10 Å². The van der Waals surface area contributed by atoms with Crippen molar-refractivity contribution in [3.8, 4) is 0 Å². The standard InChI is InChI=1S/C9H19N3O/c13-9-7-11-6-8(9)12-4-1-2-10-3-5-12/h8-11,13H,1-7H2. The molecule has 4 nitrogen and oxygen atoms in total. The summed E-state index contributed by atoms with van der Waals surface area (Å²) in [4.78, 5) is 2.41. The third-order valence-electron chi connectivity index (χ3n) is 2.99. The van der Waals surface area contributed by atoms with Gasteiger partial charge in [-0.2, -0.15) is 0 Å². The van der Waals surface area contributed by atoms with Crippen LogP contribution in [-0.2, 0) is 0 Å². The van der Waals surface area contributed by atoms with Crippen LogP contribution in [0.4, 0.5) is 0 Å². The number of hydrogen-bond acceptors (Lipinski definition) is 4. The third kappa shape index (κ3) is 2.20. The molecule has 3 N–H and O–H groups in total. The number of hydrogen-bond donors (Lipinski definition) is 3. The van der Waals surface area contributed by atoms with Crippen molar-refractivity contribution in [2.75, 3.05) is 39.3 Å². The van der Waals surface area contributed by atoms with Crippen molar-refractivity contribution in [1.82, 2.24) is 15.5 Å². The third-order valence-corrected chi connectivity index (χ3v) is 2.99. The Hall–Kier alpha value is -0.160. The molecule has 2 rings (SSSR count). The molecule has 0 spiro atoms. The summed E-state index contributed by atoms with van der Waals surface area (Å²) in [6.07, 6.45) is 1.03. The molecule has 76 valence electrons. The summed E-state index contributed by atoms with van der Waals surface area (Å²) in [5.74, 6) is 0. The molecule has 2 heterocycles. The lowest BCUT2D eigenvalue weighted by molar-refractivity contribution is 0.0873. The molecule has 0 aromatic carbocycles. The maximum atomic E-state index is 9.71. The second-order valence-corrected chi connectivity index (χ2v) is 3.93. The summed E-state index contributed by atoms with van der Waals surface area (Å²) in [5, 5.41) is 16.3. The van der Waals surface area contributed by atoms with Crippen LogP contribution in [-0.4, -0.2) is 61.4 Å². The van der Waals surface area contributed by atoms with Gasteiger partial charge in [-0.15, -0.1) is 0 Å². The molecule has 2 aliphatic heterocycles. The monoisotopic (exact) mass is 185 g/mol. The minimum Gasteiger partial charge on any atom is -0.390 e. The molecule has 0 saturated carbocycles. The van der Waals surface area contributed by atoms with Crippen molar-refractivity contribution >= 4 is 0 Å². The van der Waals surface area contributed by atoms with E-state index in [1.54, 1.807) is 0 Å². The first-order chi connectivity index (χ1) is 6.38. The zero-order valence-electron chi connectivity index (χ0n) is 8.00. The number of β-amino-alcohol motifs (C(OH)–C–C–N with tert-alkyl or cyclic N) is 1. The molecule has 2 atom stereocenters. The van der Waals surface area contributed by atoms with E-state index in [4.69, 9.17) is 0 Å². The van der Waals surface area contributed by atoms with Gasteiger partial charge in [-0.3, -0.25) is 4.90 Å². The molecule has 2 saturated heterocycles. The van der Waals surface area contributed by atoms with Gasteiger partial charge in [0.25, 0.3) is 0 Å². The van der Waals surface area contributed by atoms with Crippen molar-refractivity contribution in [3.05, 3.63) is 0 Å². The van der Waals surface area contributed by atoms with Gasteiger partial charge in [-0.25, -0.2) is 0 Å². The van der Waals surface area contributed by atoms with Gasteiger partial charge in [0.1, 0.15) is 0 Å². The number of nitrogens with zero attached hydrogens (tertiary/aromatic N) is 1. The lowest BCUT2D eigenvalue weighted by Crippen LogP contribution is -2.44. The Kier molecular flexibility index (Phi) is 3.16. The first-order valence-electron chi connectivity index (χ1n) is 5.21. The van der Waals surface area contributed by atoms with Crippen LogP contribution in [0.1, 0.15) is 6.42 Å². The first kappa shape index (κ1) is 9.40. The number of aliphatic hydroxyl groups is 1. The fraction of sp³-hybridized carbons (Fsp3) is 1.00. The van der Waals surface area contributed by atoms with Crippen LogP contribution in [0.25, 0.3) is 0 Å². The Labute approximate surface area is 79.3 Å². The van der Waals surface area contributed by atoms with Crippen molar-refractivity contribution < 1.29 is 5.11 Å². The van der Waals surface area contributed by atoms with E-state index >= 15 is 0 Å². The van der Waals surface area contributed by atoms with Gasteiger partial charge in [-0.05, 0) is 19.5 Å². The second kappa shape index (κ2) is 4.37. The molecule has 2 unspecified atom stereocenters. The predicted octanol–water partition coefficient (Wildman–Crippen LogP) is -1.39. The highest BCUT2D eigenvalue weighted by atomic mass is 16.3. The van der Waals surface area contributed by atoms with Crippen LogP contribution in [0.2, 0.25) is 0 Å². The summed E-state index contributed by atoms with van der Waals surface area (Å²) in [6.45, 7) is 6.07. The van der Waals surface area contributed by atoms with Gasteiger partial charge < -0.3 is 15.7 Å². The maximum Gasteiger partial charge on any atom is 0.0831 e. The molecule has 0 amide bonds. The Morgan fingerprint density at radius 2 is 2.00 bits per heavy atom. The zero-order chi connectivity index (χ0) is 9.10. The molecular weight excluding hydrogens is 166 g/mol. The minimum atomic E-state index is -0.168. The second-order valence-electron chi connectivity index (χ2n) is 3.93. The Morgan fingerprint density at radius 1 is 1.08 bits per heavy atom. The van der Waals surface area contributed by atoms with E-state index in [9.17, 15) is 5.11 Å². The number of rotatable bonds is 1. The summed E-state index contributed by atoms with van der Waals surface area (Å²) >= 11 is 0. The van der Waals surface area contributed by atoms with Gasteiger partial charge >= 0.3 is 0 Å². The normalized spacial score (nSPS) is 37.6. The van der Waals surface area contributed by atoms with E-state index in [1.165, 1.54) is 6.42 Å². The lowest BCUT2D eigenvalue weighted by atomic mass is 10.2. The highest BCUT2D eigenvalue weighted by Crippen LogP contribution is 2.10. The Morgan fingerprint density at radius 3 is 2.77 bits per heavy atom. The van der Waals surface area contributed by atoms with Crippen LogP contribution >= 0.6 is 0 Å². The van der Waals surface area contributed by atoms with Gasteiger partial charge in [0.2, 0.25) is 0 Å². The van der Waals surface area contributed by atoms with Crippen molar-refractivity contribution in [2.45, 2.75) is 18.6 Å². The molecule has 0 aromatic heterocycles. The number of aliphatic hydroxyl groups excluding tert-OH is 1. The summed E-state index contributed by atoms with van der Waals surface area (Å²) in [5.41, 5.74) is 0. The first-order valence-corrected chi connectivity index (χ1v) is 5.21. The predicted molar refractivity (Wildman–Crippen MR) is 51.7 cm³/mol. The molecule has 0 bridgehead atoms. The highest BCUT2D eigenvalue weighted by molar-refractivity contribution is 4.89. The number of nitrogens with one attached hydrogen (secondary N) is 2.